The van der Waals surface area contributed by atoms with E-state index in [0.29, 0.717) is 11.1 Å². The van der Waals surface area contributed by atoms with E-state index < -0.39 is 6.10 Å². The molecule has 0 saturated heterocycles. The van der Waals surface area contributed by atoms with E-state index in [0.717, 1.165) is 4.90 Å². The molecule has 0 heterocycles. The molecule has 100 valence electrons. The molecule has 0 saturated carbocycles. The average molecular weight is 271 g/mol. The van der Waals surface area contributed by atoms with Crippen molar-refractivity contribution in [2.75, 3.05) is 19.8 Å². The Balaban J connectivity index is 2.93. The van der Waals surface area contributed by atoms with Crippen molar-refractivity contribution in [2.45, 2.75) is 24.8 Å². The highest BCUT2D eigenvalue weighted by Crippen LogP contribution is 2.30. The third-order valence-corrected chi connectivity index (χ3v) is 3.65. The minimum atomic E-state index is -0.753. The molecule has 1 unspecified atom stereocenters. The normalized spacial score (nSPS) is 12.3. The zero-order chi connectivity index (χ0) is 13.9. The van der Waals surface area contributed by atoms with Crippen LogP contribution in [-0.2, 0) is 4.79 Å². The highest BCUT2D eigenvalue weighted by Gasteiger charge is 2.14. The Bertz CT molecular complexity index is 447. The van der Waals surface area contributed by atoms with Crippen molar-refractivity contribution in [1.29, 1.82) is 0 Å². The second-order valence-electron chi connectivity index (χ2n) is 4.39. The number of amides is 1. The lowest BCUT2D eigenvalue weighted by Gasteiger charge is -2.14. The van der Waals surface area contributed by atoms with Gasteiger partial charge in [0, 0.05) is 19.0 Å². The molecule has 1 N–H and O–H groups in total. The summed E-state index contributed by atoms with van der Waals surface area (Å²) in [5.41, 5.74) is 1.04. The summed E-state index contributed by atoms with van der Waals surface area (Å²) in [7, 11) is 3.38. The van der Waals surface area contributed by atoms with Crippen LogP contribution in [0.5, 0.6) is 0 Å². The first-order valence-electron chi connectivity index (χ1n) is 5.64. The predicted molar refractivity (Wildman–Crippen MR) is 71.2 cm³/mol. The van der Waals surface area contributed by atoms with Gasteiger partial charge in [-0.05, 0) is 37.1 Å². The summed E-state index contributed by atoms with van der Waals surface area (Å²) < 4.78 is 13.5. The Morgan fingerprint density at radius 1 is 1.50 bits per heavy atom. The molecule has 0 radical (unpaired) electrons. The number of aliphatic hydroxyl groups excluding tert-OH is 1. The molecule has 0 fully saturated rings. The standard InChI is InChI=1S/C13H18FNO2S/c1-8-5-12(18-7-13(17)15(3)4)10(9(2)16)6-11(8)14/h5-6,9,16H,7H2,1-4H3. The number of rotatable bonds is 4. The van der Waals surface area contributed by atoms with Crippen LogP contribution in [0.4, 0.5) is 4.39 Å². The van der Waals surface area contributed by atoms with Crippen molar-refractivity contribution in [3.05, 3.63) is 29.1 Å². The van der Waals surface area contributed by atoms with Crippen molar-refractivity contribution in [2.24, 2.45) is 0 Å². The van der Waals surface area contributed by atoms with E-state index in [-0.39, 0.29) is 17.5 Å². The topological polar surface area (TPSA) is 40.5 Å². The molecule has 1 aromatic carbocycles. The van der Waals surface area contributed by atoms with Gasteiger partial charge in [0.15, 0.2) is 0 Å². The van der Waals surface area contributed by atoms with Gasteiger partial charge in [-0.2, -0.15) is 0 Å². The SMILES string of the molecule is Cc1cc(SCC(=O)N(C)C)c(C(C)O)cc1F. The number of nitrogens with zero attached hydrogens (tertiary/aromatic N) is 1. The van der Waals surface area contributed by atoms with E-state index in [1.54, 1.807) is 34.0 Å². The summed E-state index contributed by atoms with van der Waals surface area (Å²) in [5, 5.41) is 9.62. The maximum absolute atomic E-state index is 13.5. The summed E-state index contributed by atoms with van der Waals surface area (Å²) in [4.78, 5) is 13.8. The number of thioether (sulfide) groups is 1. The summed E-state index contributed by atoms with van der Waals surface area (Å²) in [5.74, 6) is -0.0784. The van der Waals surface area contributed by atoms with Crippen LogP contribution in [0.1, 0.15) is 24.2 Å². The van der Waals surface area contributed by atoms with Gasteiger partial charge in [-0.15, -0.1) is 11.8 Å². The smallest absolute Gasteiger partial charge is 0.232 e. The lowest BCUT2D eigenvalue weighted by Crippen LogP contribution is -2.23. The summed E-state index contributed by atoms with van der Waals surface area (Å²) in [6, 6.07) is 3.01. The third-order valence-electron chi connectivity index (χ3n) is 2.59. The number of carbonyl (C=O) groups is 1. The Morgan fingerprint density at radius 2 is 2.11 bits per heavy atom. The van der Waals surface area contributed by atoms with E-state index in [2.05, 4.69) is 0 Å². The van der Waals surface area contributed by atoms with E-state index in [9.17, 15) is 14.3 Å². The first-order valence-corrected chi connectivity index (χ1v) is 6.62. The molecular weight excluding hydrogens is 253 g/mol. The van der Waals surface area contributed by atoms with Crippen LogP contribution in [-0.4, -0.2) is 35.8 Å². The minimum absolute atomic E-state index is 0.0153. The lowest BCUT2D eigenvalue weighted by molar-refractivity contribution is -0.125. The summed E-state index contributed by atoms with van der Waals surface area (Å²) >= 11 is 1.32. The largest absolute Gasteiger partial charge is 0.389 e. The second-order valence-corrected chi connectivity index (χ2v) is 5.41. The zero-order valence-corrected chi connectivity index (χ0v) is 11.8. The Hall–Kier alpha value is -1.07. The number of halogens is 1. The molecule has 18 heavy (non-hydrogen) atoms. The van der Waals surface area contributed by atoms with Crippen LogP contribution in [0.25, 0.3) is 0 Å². The fourth-order valence-electron chi connectivity index (χ4n) is 1.39. The minimum Gasteiger partial charge on any atom is -0.389 e. The molecule has 1 amide bonds. The molecule has 0 bridgehead atoms. The first kappa shape index (κ1) is 15.0. The van der Waals surface area contributed by atoms with Gasteiger partial charge >= 0.3 is 0 Å². The van der Waals surface area contributed by atoms with Gasteiger partial charge in [-0.1, -0.05) is 0 Å². The predicted octanol–water partition coefficient (Wildman–Crippen LogP) is 2.37. The van der Waals surface area contributed by atoms with E-state index in [1.807, 2.05) is 0 Å². The number of carbonyl (C=O) groups excluding carboxylic acids is 1. The number of hydrogen-bond donors (Lipinski definition) is 1. The first-order chi connectivity index (χ1) is 8.32. The zero-order valence-electron chi connectivity index (χ0n) is 11.0. The Morgan fingerprint density at radius 3 is 2.61 bits per heavy atom. The molecule has 1 aromatic rings. The molecular formula is C13H18FNO2S. The fraction of sp³-hybridized carbons (Fsp3) is 0.462. The third kappa shape index (κ3) is 3.71. The van der Waals surface area contributed by atoms with Crippen molar-refractivity contribution >= 4 is 17.7 Å². The van der Waals surface area contributed by atoms with Crippen molar-refractivity contribution in [1.82, 2.24) is 4.90 Å². The quantitative estimate of drug-likeness (QED) is 0.855. The Kier molecular flexibility index (Phi) is 5.16. The fourth-order valence-corrected chi connectivity index (χ4v) is 2.58. The van der Waals surface area contributed by atoms with E-state index in [4.69, 9.17) is 0 Å². The highest BCUT2D eigenvalue weighted by atomic mass is 32.2. The van der Waals surface area contributed by atoms with Crippen molar-refractivity contribution in [3.8, 4) is 0 Å². The molecule has 5 heteroatoms. The van der Waals surface area contributed by atoms with Gasteiger partial charge in [-0.25, -0.2) is 4.39 Å². The average Bonchev–Trinajstić information content (AvgIpc) is 2.29. The maximum Gasteiger partial charge on any atom is 0.232 e. The lowest BCUT2D eigenvalue weighted by atomic mass is 10.1. The van der Waals surface area contributed by atoms with Gasteiger partial charge < -0.3 is 10.0 Å². The number of benzene rings is 1. The molecule has 0 aliphatic rings. The van der Waals surface area contributed by atoms with Gasteiger partial charge in [0.2, 0.25) is 5.91 Å². The summed E-state index contributed by atoms with van der Waals surface area (Å²) in [6.45, 7) is 3.25. The molecule has 0 aromatic heterocycles. The second kappa shape index (κ2) is 6.20. The molecule has 1 rings (SSSR count). The number of aliphatic hydroxyl groups is 1. The molecule has 1 atom stereocenters. The van der Waals surface area contributed by atoms with Gasteiger partial charge in [0.05, 0.1) is 11.9 Å². The monoisotopic (exact) mass is 271 g/mol. The van der Waals surface area contributed by atoms with Crippen molar-refractivity contribution in [3.63, 3.8) is 0 Å². The number of aryl methyl sites for hydroxylation is 1. The van der Waals surface area contributed by atoms with Crippen LogP contribution in [0, 0.1) is 12.7 Å². The summed E-state index contributed by atoms with van der Waals surface area (Å²) in [6.07, 6.45) is -0.753. The van der Waals surface area contributed by atoms with Crippen LogP contribution < -0.4 is 0 Å². The molecule has 0 aliphatic heterocycles. The van der Waals surface area contributed by atoms with Gasteiger partial charge in [-0.3, -0.25) is 4.79 Å². The van der Waals surface area contributed by atoms with E-state index in [1.165, 1.54) is 22.7 Å². The van der Waals surface area contributed by atoms with Crippen LogP contribution in [0.15, 0.2) is 17.0 Å². The van der Waals surface area contributed by atoms with Crippen LogP contribution in [0.3, 0.4) is 0 Å². The molecule has 0 aliphatic carbocycles. The van der Waals surface area contributed by atoms with Crippen molar-refractivity contribution < 1.29 is 14.3 Å². The van der Waals surface area contributed by atoms with Crippen LogP contribution >= 0.6 is 11.8 Å². The highest BCUT2D eigenvalue weighted by molar-refractivity contribution is 8.00. The Labute approximate surface area is 111 Å². The maximum atomic E-state index is 13.5. The molecule has 0 spiro atoms. The van der Waals surface area contributed by atoms with E-state index >= 15 is 0 Å². The van der Waals surface area contributed by atoms with Crippen LogP contribution in [0.2, 0.25) is 0 Å². The molecule has 3 nitrogen and oxygen atoms in total. The van der Waals surface area contributed by atoms with Gasteiger partial charge in [0.25, 0.3) is 0 Å². The number of hydrogen-bond acceptors (Lipinski definition) is 3. The van der Waals surface area contributed by atoms with Gasteiger partial charge in [0.1, 0.15) is 5.82 Å².